The lowest BCUT2D eigenvalue weighted by molar-refractivity contribution is 0.0693. The topological polar surface area (TPSA) is 73.5 Å². The zero-order chi connectivity index (χ0) is 19.9. The third-order valence-corrected chi connectivity index (χ3v) is 7.84. The summed E-state index contributed by atoms with van der Waals surface area (Å²) in [4.78, 5) is 17.9. The SMILES string of the molecule is Cc1cc(S(=O)(=O)N2CCN(C(=O)c3cc4ccccc4[nH]3)CC2)ccc1Br. The Hall–Kier alpha value is -2.16. The van der Waals surface area contributed by atoms with Crippen LogP contribution in [0.3, 0.4) is 0 Å². The Labute approximate surface area is 172 Å². The van der Waals surface area contributed by atoms with Crippen molar-refractivity contribution >= 4 is 42.8 Å². The third-order valence-electron chi connectivity index (χ3n) is 5.05. The van der Waals surface area contributed by atoms with Gasteiger partial charge in [-0.15, -0.1) is 0 Å². The smallest absolute Gasteiger partial charge is 0.270 e. The second kappa shape index (κ2) is 7.35. The number of aryl methyl sites for hydroxylation is 1. The van der Waals surface area contributed by atoms with Crippen LogP contribution in [0.25, 0.3) is 10.9 Å². The van der Waals surface area contributed by atoms with Crippen molar-refractivity contribution in [3.63, 3.8) is 0 Å². The monoisotopic (exact) mass is 461 g/mol. The number of benzene rings is 2. The van der Waals surface area contributed by atoms with Crippen LogP contribution in [0.1, 0.15) is 16.1 Å². The van der Waals surface area contributed by atoms with E-state index in [1.165, 1.54) is 4.31 Å². The minimum absolute atomic E-state index is 0.104. The number of H-pyrrole nitrogens is 1. The van der Waals surface area contributed by atoms with E-state index in [-0.39, 0.29) is 23.9 Å². The number of nitrogens with zero attached hydrogens (tertiary/aromatic N) is 2. The molecule has 0 spiro atoms. The molecule has 28 heavy (non-hydrogen) atoms. The first-order valence-electron chi connectivity index (χ1n) is 8.99. The molecule has 1 saturated heterocycles. The number of carbonyl (C=O) groups excluding carboxylic acids is 1. The number of aromatic nitrogens is 1. The summed E-state index contributed by atoms with van der Waals surface area (Å²) >= 11 is 3.40. The van der Waals surface area contributed by atoms with Crippen LogP contribution < -0.4 is 0 Å². The van der Waals surface area contributed by atoms with Crippen LogP contribution >= 0.6 is 15.9 Å². The quantitative estimate of drug-likeness (QED) is 0.649. The Morgan fingerprint density at radius 3 is 2.43 bits per heavy atom. The molecule has 1 aliphatic rings. The molecule has 0 aliphatic carbocycles. The molecular weight excluding hydrogens is 442 g/mol. The number of rotatable bonds is 3. The van der Waals surface area contributed by atoms with Gasteiger partial charge in [0.2, 0.25) is 10.0 Å². The summed E-state index contributed by atoms with van der Waals surface area (Å²) in [7, 11) is -3.57. The first kappa shape index (κ1) is 19.2. The number of hydrogen-bond donors (Lipinski definition) is 1. The molecule has 0 unspecified atom stereocenters. The number of carbonyl (C=O) groups is 1. The molecule has 1 fully saturated rings. The fraction of sp³-hybridized carbons (Fsp3) is 0.250. The van der Waals surface area contributed by atoms with Crippen molar-refractivity contribution in [1.82, 2.24) is 14.2 Å². The number of sulfonamides is 1. The van der Waals surface area contributed by atoms with Crippen molar-refractivity contribution in [2.24, 2.45) is 0 Å². The highest BCUT2D eigenvalue weighted by molar-refractivity contribution is 9.10. The highest BCUT2D eigenvalue weighted by Crippen LogP contribution is 2.24. The standard InChI is InChI=1S/C20H20BrN3O3S/c1-14-12-16(6-7-17(14)21)28(26,27)24-10-8-23(9-11-24)20(25)19-13-15-4-2-3-5-18(15)22-19/h2-7,12-13,22H,8-11H2,1H3. The van der Waals surface area contributed by atoms with Gasteiger partial charge in [-0.25, -0.2) is 8.42 Å². The van der Waals surface area contributed by atoms with E-state index >= 15 is 0 Å². The lowest BCUT2D eigenvalue weighted by Gasteiger charge is -2.33. The normalized spacial score (nSPS) is 15.9. The van der Waals surface area contributed by atoms with Gasteiger partial charge in [-0.3, -0.25) is 4.79 Å². The second-order valence-corrected chi connectivity index (χ2v) is 9.67. The summed E-state index contributed by atoms with van der Waals surface area (Å²) < 4.78 is 28.2. The van der Waals surface area contributed by atoms with Crippen molar-refractivity contribution in [1.29, 1.82) is 0 Å². The highest BCUT2D eigenvalue weighted by atomic mass is 79.9. The Morgan fingerprint density at radius 2 is 1.75 bits per heavy atom. The minimum atomic E-state index is -3.57. The first-order chi connectivity index (χ1) is 13.4. The molecule has 1 N–H and O–H groups in total. The largest absolute Gasteiger partial charge is 0.351 e. The predicted octanol–water partition coefficient (Wildman–Crippen LogP) is 3.39. The van der Waals surface area contributed by atoms with Gasteiger partial charge in [0.15, 0.2) is 0 Å². The zero-order valence-electron chi connectivity index (χ0n) is 15.4. The molecule has 146 valence electrons. The Morgan fingerprint density at radius 1 is 1.04 bits per heavy atom. The fourth-order valence-electron chi connectivity index (χ4n) is 3.42. The molecule has 2 aromatic carbocycles. The molecule has 2 heterocycles. The lowest BCUT2D eigenvalue weighted by Crippen LogP contribution is -2.50. The maximum Gasteiger partial charge on any atom is 0.270 e. The maximum absolute atomic E-state index is 12.9. The van der Waals surface area contributed by atoms with Gasteiger partial charge in [0.25, 0.3) is 5.91 Å². The van der Waals surface area contributed by atoms with Gasteiger partial charge in [0.1, 0.15) is 5.69 Å². The Kier molecular flexibility index (Phi) is 5.03. The molecular formula is C20H20BrN3O3S. The van der Waals surface area contributed by atoms with E-state index in [0.29, 0.717) is 18.8 Å². The Balaban J connectivity index is 1.47. The predicted molar refractivity (Wildman–Crippen MR) is 112 cm³/mol. The maximum atomic E-state index is 12.9. The van der Waals surface area contributed by atoms with Crippen LogP contribution in [0.15, 0.2) is 57.9 Å². The number of hydrogen-bond acceptors (Lipinski definition) is 3. The van der Waals surface area contributed by atoms with E-state index in [1.807, 2.05) is 37.3 Å². The van der Waals surface area contributed by atoms with Crippen LogP contribution in [-0.4, -0.2) is 54.7 Å². The van der Waals surface area contributed by atoms with Crippen molar-refractivity contribution in [2.75, 3.05) is 26.2 Å². The highest BCUT2D eigenvalue weighted by Gasteiger charge is 2.31. The number of piperazine rings is 1. The van der Waals surface area contributed by atoms with Gasteiger partial charge in [-0.2, -0.15) is 4.31 Å². The van der Waals surface area contributed by atoms with Crippen molar-refractivity contribution in [3.8, 4) is 0 Å². The number of halogens is 1. The molecule has 0 saturated carbocycles. The van der Waals surface area contributed by atoms with Crippen molar-refractivity contribution in [3.05, 3.63) is 64.3 Å². The molecule has 4 rings (SSSR count). The van der Waals surface area contributed by atoms with Crippen LogP contribution in [0.4, 0.5) is 0 Å². The van der Waals surface area contributed by atoms with Crippen LogP contribution in [-0.2, 0) is 10.0 Å². The summed E-state index contributed by atoms with van der Waals surface area (Å²) in [5.41, 5.74) is 2.31. The van der Waals surface area contributed by atoms with E-state index in [2.05, 4.69) is 20.9 Å². The number of nitrogens with one attached hydrogen (secondary N) is 1. The minimum Gasteiger partial charge on any atom is -0.351 e. The summed E-state index contributed by atoms with van der Waals surface area (Å²) in [5.74, 6) is -0.104. The van der Waals surface area contributed by atoms with Gasteiger partial charge in [0.05, 0.1) is 4.90 Å². The number of para-hydroxylation sites is 1. The molecule has 1 amide bonds. The number of fused-ring (bicyclic) bond motifs is 1. The van der Waals surface area contributed by atoms with Gasteiger partial charge >= 0.3 is 0 Å². The molecule has 0 bridgehead atoms. The summed E-state index contributed by atoms with van der Waals surface area (Å²) in [6.07, 6.45) is 0. The van der Waals surface area contributed by atoms with E-state index in [9.17, 15) is 13.2 Å². The number of aromatic amines is 1. The second-order valence-electron chi connectivity index (χ2n) is 6.88. The van der Waals surface area contributed by atoms with Crippen LogP contribution in [0.5, 0.6) is 0 Å². The summed E-state index contributed by atoms with van der Waals surface area (Å²) in [5, 5.41) is 0.984. The molecule has 0 atom stereocenters. The molecule has 1 aromatic heterocycles. The average Bonchev–Trinajstić information content (AvgIpc) is 3.13. The van der Waals surface area contributed by atoms with Crippen LogP contribution in [0.2, 0.25) is 0 Å². The summed E-state index contributed by atoms with van der Waals surface area (Å²) in [6, 6.07) is 14.6. The third kappa shape index (κ3) is 3.47. The molecule has 0 radical (unpaired) electrons. The molecule has 1 aliphatic heterocycles. The van der Waals surface area contributed by atoms with E-state index in [1.54, 1.807) is 23.1 Å². The zero-order valence-corrected chi connectivity index (χ0v) is 17.8. The average molecular weight is 462 g/mol. The first-order valence-corrected chi connectivity index (χ1v) is 11.2. The fourth-order valence-corrected chi connectivity index (χ4v) is 5.17. The summed E-state index contributed by atoms with van der Waals surface area (Å²) in [6.45, 7) is 3.15. The van der Waals surface area contributed by atoms with Gasteiger partial charge in [0, 0.05) is 41.6 Å². The molecule has 3 aromatic rings. The van der Waals surface area contributed by atoms with Crippen molar-refractivity contribution in [2.45, 2.75) is 11.8 Å². The van der Waals surface area contributed by atoms with Gasteiger partial charge < -0.3 is 9.88 Å². The van der Waals surface area contributed by atoms with Gasteiger partial charge in [-0.1, -0.05) is 34.1 Å². The van der Waals surface area contributed by atoms with E-state index < -0.39 is 10.0 Å². The Bertz CT molecular complexity index is 1120. The van der Waals surface area contributed by atoms with Crippen LogP contribution in [0, 0.1) is 6.92 Å². The molecule has 6 nitrogen and oxygen atoms in total. The number of amides is 1. The lowest BCUT2D eigenvalue weighted by atomic mass is 10.2. The van der Waals surface area contributed by atoms with E-state index in [0.717, 1.165) is 20.9 Å². The van der Waals surface area contributed by atoms with Crippen molar-refractivity contribution < 1.29 is 13.2 Å². The van der Waals surface area contributed by atoms with Gasteiger partial charge in [-0.05, 0) is 42.8 Å². The molecule has 8 heteroatoms. The van der Waals surface area contributed by atoms with E-state index in [4.69, 9.17) is 0 Å².